The van der Waals surface area contributed by atoms with Crippen molar-refractivity contribution in [1.82, 2.24) is 4.90 Å². The third kappa shape index (κ3) is 7.46. The van der Waals surface area contributed by atoms with Gasteiger partial charge in [0.05, 0.1) is 13.2 Å². The maximum Gasteiger partial charge on any atom is 0.411 e. The van der Waals surface area contributed by atoms with Gasteiger partial charge in [-0.1, -0.05) is 115 Å². The fourth-order valence-corrected chi connectivity index (χ4v) is 7.12. The van der Waals surface area contributed by atoms with Crippen molar-refractivity contribution < 1.29 is 41.5 Å². The predicted molar refractivity (Wildman–Crippen MR) is 172 cm³/mol. The summed E-state index contributed by atoms with van der Waals surface area (Å²) in [5.41, 5.74) is -1.86. The van der Waals surface area contributed by atoms with E-state index in [1.807, 2.05) is 91.0 Å². The SMILES string of the molecule is CCOP(=O)(OCC)C(F)(F)c1ccc(CC2C(=O)O[C@H](c3ccccc3)[C@H](c3ccccc3)N2C(=O)OCc2ccccc2)cc1. The molecule has 1 saturated heterocycles. The van der Waals surface area contributed by atoms with Gasteiger partial charge in [0.1, 0.15) is 18.7 Å². The predicted octanol–water partition coefficient (Wildman–Crippen LogP) is 8.59. The molecule has 0 spiro atoms. The molecule has 1 aliphatic rings. The number of ether oxygens (including phenoxy) is 2. The number of esters is 1. The lowest BCUT2D eigenvalue weighted by molar-refractivity contribution is -0.173. The number of benzene rings is 4. The van der Waals surface area contributed by atoms with Crippen LogP contribution in [-0.2, 0) is 46.6 Å². The minimum Gasteiger partial charge on any atom is -0.453 e. The van der Waals surface area contributed by atoms with Crippen LogP contribution in [0.4, 0.5) is 13.6 Å². The highest BCUT2D eigenvalue weighted by atomic mass is 31.2. The monoisotopic (exact) mass is 663 g/mol. The van der Waals surface area contributed by atoms with Crippen LogP contribution in [0.25, 0.3) is 0 Å². The molecule has 8 nitrogen and oxygen atoms in total. The summed E-state index contributed by atoms with van der Waals surface area (Å²) in [6, 6.07) is 30.6. The summed E-state index contributed by atoms with van der Waals surface area (Å²) in [7, 11) is -4.82. The Kier molecular flexibility index (Phi) is 10.9. The number of carbonyl (C=O) groups is 2. The second kappa shape index (κ2) is 15.0. The number of rotatable bonds is 12. The zero-order valence-corrected chi connectivity index (χ0v) is 26.9. The average molecular weight is 664 g/mol. The van der Waals surface area contributed by atoms with Crippen LogP contribution in [0.3, 0.4) is 0 Å². The lowest BCUT2D eigenvalue weighted by atomic mass is 9.90. The van der Waals surface area contributed by atoms with Gasteiger partial charge in [0, 0.05) is 12.0 Å². The van der Waals surface area contributed by atoms with Crippen LogP contribution in [-0.4, -0.2) is 36.2 Å². The van der Waals surface area contributed by atoms with Crippen molar-refractivity contribution in [3.63, 3.8) is 0 Å². The van der Waals surface area contributed by atoms with Gasteiger partial charge in [-0.3, -0.25) is 9.46 Å². The molecule has 1 fully saturated rings. The molecule has 1 amide bonds. The summed E-state index contributed by atoms with van der Waals surface area (Å²) >= 11 is 0. The summed E-state index contributed by atoms with van der Waals surface area (Å²) in [6.45, 7) is 2.43. The van der Waals surface area contributed by atoms with Crippen molar-refractivity contribution >= 4 is 19.7 Å². The smallest absolute Gasteiger partial charge is 0.411 e. The summed E-state index contributed by atoms with van der Waals surface area (Å²) < 4.78 is 65.5. The van der Waals surface area contributed by atoms with E-state index in [-0.39, 0.29) is 26.2 Å². The first kappa shape index (κ1) is 34.0. The number of hydrogen-bond acceptors (Lipinski definition) is 7. The van der Waals surface area contributed by atoms with Crippen LogP contribution in [0.1, 0.15) is 53.8 Å². The molecule has 5 rings (SSSR count). The standard InChI is InChI=1S/C36H36F2NO7P/c1-3-44-47(42,45-4-2)36(37,38)30-22-20-26(21-23-30)24-31-34(40)46-33(29-18-12-7-13-19-29)32(28-16-10-6-11-17-28)39(31)35(41)43-25-27-14-8-5-9-15-27/h5-23,31-33H,3-4,24-25H2,1-2H3/t31?,32-,33+/m0/s1. The number of cyclic esters (lactones) is 1. The van der Waals surface area contributed by atoms with Gasteiger partial charge in [-0.05, 0) is 36.1 Å². The van der Waals surface area contributed by atoms with Crippen molar-refractivity contribution in [3.8, 4) is 0 Å². The van der Waals surface area contributed by atoms with Gasteiger partial charge in [-0.15, -0.1) is 0 Å². The van der Waals surface area contributed by atoms with Gasteiger partial charge in [0.25, 0.3) is 0 Å². The van der Waals surface area contributed by atoms with Gasteiger partial charge < -0.3 is 18.5 Å². The molecule has 0 aromatic heterocycles. The fraction of sp³-hybridized carbons (Fsp3) is 0.278. The summed E-state index contributed by atoms with van der Waals surface area (Å²) in [6.07, 6.45) is -1.65. The van der Waals surface area contributed by atoms with E-state index in [4.69, 9.17) is 18.5 Å². The highest BCUT2D eigenvalue weighted by Gasteiger charge is 2.55. The van der Waals surface area contributed by atoms with E-state index in [2.05, 4.69) is 0 Å². The highest BCUT2D eigenvalue weighted by molar-refractivity contribution is 7.54. The Morgan fingerprint density at radius 2 is 1.32 bits per heavy atom. The molecule has 0 radical (unpaired) electrons. The number of nitrogens with zero attached hydrogens (tertiary/aromatic N) is 1. The Morgan fingerprint density at radius 1 is 0.787 bits per heavy atom. The summed E-state index contributed by atoms with van der Waals surface area (Å²) in [5, 5.41) is 0. The van der Waals surface area contributed by atoms with Crippen molar-refractivity contribution in [3.05, 3.63) is 143 Å². The zero-order valence-electron chi connectivity index (χ0n) is 26.0. The molecule has 1 aliphatic heterocycles. The van der Waals surface area contributed by atoms with E-state index in [1.54, 1.807) is 0 Å². The molecule has 11 heteroatoms. The molecule has 0 bridgehead atoms. The maximum atomic E-state index is 15.4. The van der Waals surface area contributed by atoms with Gasteiger partial charge >= 0.3 is 25.3 Å². The first-order chi connectivity index (χ1) is 22.7. The molecule has 0 saturated carbocycles. The van der Waals surface area contributed by atoms with Gasteiger partial charge in [-0.25, -0.2) is 9.59 Å². The molecular formula is C36H36F2NO7P. The van der Waals surface area contributed by atoms with Crippen LogP contribution < -0.4 is 0 Å². The normalized spacial score (nSPS) is 18.4. The molecular weight excluding hydrogens is 627 g/mol. The van der Waals surface area contributed by atoms with E-state index >= 15 is 8.78 Å². The average Bonchev–Trinajstić information content (AvgIpc) is 3.09. The number of carbonyl (C=O) groups excluding carboxylic acids is 2. The van der Waals surface area contributed by atoms with Gasteiger partial charge in [0.2, 0.25) is 0 Å². The fourth-order valence-electron chi connectivity index (χ4n) is 5.58. The van der Waals surface area contributed by atoms with Gasteiger partial charge in [0.15, 0.2) is 6.10 Å². The number of hydrogen-bond donors (Lipinski definition) is 0. The summed E-state index contributed by atoms with van der Waals surface area (Å²) in [4.78, 5) is 29.2. The van der Waals surface area contributed by atoms with Crippen molar-refractivity contribution in [2.75, 3.05) is 13.2 Å². The minimum absolute atomic E-state index is 0.0288. The molecule has 47 heavy (non-hydrogen) atoms. The molecule has 0 aliphatic carbocycles. The largest absolute Gasteiger partial charge is 0.453 e. The van der Waals surface area contributed by atoms with E-state index in [0.717, 1.165) is 17.7 Å². The van der Waals surface area contributed by atoms with Crippen molar-refractivity contribution in [1.29, 1.82) is 0 Å². The molecule has 4 aromatic carbocycles. The molecule has 0 N–H and O–H groups in total. The number of morpholine rings is 1. The third-order valence-corrected chi connectivity index (χ3v) is 9.94. The number of alkyl halides is 2. The maximum absolute atomic E-state index is 15.4. The second-order valence-electron chi connectivity index (χ2n) is 10.9. The Hall–Kier alpha value is -4.37. The van der Waals surface area contributed by atoms with Crippen LogP contribution in [0.5, 0.6) is 0 Å². The first-order valence-corrected chi connectivity index (χ1v) is 16.9. The minimum atomic E-state index is -4.82. The third-order valence-electron chi connectivity index (χ3n) is 7.79. The van der Waals surface area contributed by atoms with Crippen LogP contribution >= 0.6 is 7.60 Å². The Bertz CT molecular complexity index is 1660. The molecule has 3 atom stereocenters. The van der Waals surface area contributed by atoms with Crippen LogP contribution in [0.2, 0.25) is 0 Å². The molecule has 1 heterocycles. The topological polar surface area (TPSA) is 91.4 Å². The Morgan fingerprint density at radius 3 is 1.87 bits per heavy atom. The lowest BCUT2D eigenvalue weighted by Crippen LogP contribution is -2.55. The van der Waals surface area contributed by atoms with E-state index in [1.165, 1.54) is 30.9 Å². The summed E-state index contributed by atoms with van der Waals surface area (Å²) in [5.74, 6) is -0.672. The molecule has 246 valence electrons. The Balaban J connectivity index is 1.51. The van der Waals surface area contributed by atoms with E-state index in [0.29, 0.717) is 16.7 Å². The van der Waals surface area contributed by atoms with Gasteiger partial charge in [-0.2, -0.15) is 8.78 Å². The Labute approximate surface area is 272 Å². The van der Waals surface area contributed by atoms with Crippen molar-refractivity contribution in [2.45, 2.75) is 50.7 Å². The van der Waals surface area contributed by atoms with E-state index in [9.17, 15) is 14.2 Å². The molecule has 1 unspecified atom stereocenters. The van der Waals surface area contributed by atoms with E-state index < -0.39 is 49.1 Å². The quantitative estimate of drug-likeness (QED) is 0.111. The lowest BCUT2D eigenvalue weighted by Gasteiger charge is -2.44. The van der Waals surface area contributed by atoms with Crippen molar-refractivity contribution in [2.24, 2.45) is 0 Å². The second-order valence-corrected chi connectivity index (χ2v) is 12.9. The molecule has 4 aromatic rings. The first-order valence-electron chi connectivity index (χ1n) is 15.3. The van der Waals surface area contributed by atoms with Crippen LogP contribution in [0, 0.1) is 0 Å². The highest BCUT2D eigenvalue weighted by Crippen LogP contribution is 2.66. The zero-order chi connectivity index (χ0) is 33.4. The number of halogens is 2. The van der Waals surface area contributed by atoms with Crippen LogP contribution in [0.15, 0.2) is 115 Å². The number of amides is 1.